The van der Waals surface area contributed by atoms with Crippen LogP contribution in [0.15, 0.2) is 23.4 Å². The second-order valence-corrected chi connectivity index (χ2v) is 5.51. The molecule has 0 saturated heterocycles. The van der Waals surface area contributed by atoms with E-state index in [1.807, 2.05) is 4.72 Å². The number of pyridine rings is 1. The topological polar surface area (TPSA) is 76.1 Å². The van der Waals surface area contributed by atoms with Gasteiger partial charge in [-0.05, 0) is 19.9 Å². The molecule has 0 bridgehead atoms. The number of nitrogens with zero attached hydrogens (tertiary/aromatic N) is 1. The van der Waals surface area contributed by atoms with Crippen molar-refractivity contribution >= 4 is 15.9 Å². The Bertz CT molecular complexity index is 534. The van der Waals surface area contributed by atoms with Crippen molar-refractivity contribution in [3.63, 3.8) is 0 Å². The number of nitrogens with one attached hydrogen (secondary N) is 1. The molecule has 2 rings (SSSR count). The van der Waals surface area contributed by atoms with Gasteiger partial charge < -0.3 is 0 Å². The van der Waals surface area contributed by atoms with Gasteiger partial charge in [0.05, 0.1) is 5.41 Å². The summed E-state index contributed by atoms with van der Waals surface area (Å²) in [4.78, 5) is 15.4. The van der Waals surface area contributed by atoms with Crippen molar-refractivity contribution in [2.75, 3.05) is 0 Å². The summed E-state index contributed by atoms with van der Waals surface area (Å²) >= 11 is 0. The summed E-state index contributed by atoms with van der Waals surface area (Å²) in [6.07, 6.45) is 1.39. The quantitative estimate of drug-likeness (QED) is 0.684. The fourth-order valence-corrected chi connectivity index (χ4v) is 2.91. The van der Waals surface area contributed by atoms with E-state index in [-0.39, 0.29) is 5.03 Å². The molecule has 15 heavy (non-hydrogen) atoms. The number of carbonyl (C=O) groups is 1. The maximum Gasteiger partial charge on any atom is 0.281 e. The van der Waals surface area contributed by atoms with Crippen LogP contribution in [0.2, 0.25) is 0 Å². The highest BCUT2D eigenvalue weighted by molar-refractivity contribution is 7.90. The van der Waals surface area contributed by atoms with Gasteiger partial charge in [0.2, 0.25) is 5.91 Å². The fraction of sp³-hybridized carbons (Fsp3) is 0.333. The van der Waals surface area contributed by atoms with Crippen molar-refractivity contribution in [3.8, 4) is 0 Å². The normalized spacial score (nSPS) is 21.6. The van der Waals surface area contributed by atoms with Crippen molar-refractivity contribution in [1.82, 2.24) is 9.71 Å². The molecule has 0 radical (unpaired) electrons. The van der Waals surface area contributed by atoms with E-state index in [9.17, 15) is 13.2 Å². The number of aromatic nitrogens is 1. The molecular weight excluding hydrogens is 216 g/mol. The molecule has 0 aromatic carbocycles. The summed E-state index contributed by atoms with van der Waals surface area (Å²) in [5.74, 6) is -0.525. The van der Waals surface area contributed by atoms with Crippen LogP contribution in [0.3, 0.4) is 0 Å². The van der Waals surface area contributed by atoms with Crippen LogP contribution < -0.4 is 4.72 Å². The summed E-state index contributed by atoms with van der Waals surface area (Å²) < 4.78 is 25.1. The lowest BCUT2D eigenvalue weighted by Gasteiger charge is -2.29. The second kappa shape index (κ2) is 2.79. The number of amides is 1. The molecule has 0 saturated carbocycles. The Hall–Kier alpha value is -1.43. The first-order chi connectivity index (χ1) is 6.86. The molecule has 2 heterocycles. The Morgan fingerprint density at radius 3 is 2.73 bits per heavy atom. The van der Waals surface area contributed by atoms with E-state index in [0.717, 1.165) is 0 Å². The Morgan fingerprint density at radius 1 is 1.40 bits per heavy atom. The molecule has 0 unspecified atom stereocenters. The maximum atomic E-state index is 11.6. The van der Waals surface area contributed by atoms with Gasteiger partial charge in [-0.1, -0.05) is 6.07 Å². The molecule has 80 valence electrons. The molecule has 0 atom stereocenters. The van der Waals surface area contributed by atoms with Gasteiger partial charge in [0.25, 0.3) is 10.0 Å². The van der Waals surface area contributed by atoms with Crippen molar-refractivity contribution in [2.45, 2.75) is 24.3 Å². The minimum Gasteiger partial charge on any atom is -0.273 e. The SMILES string of the molecule is CC1(C)C(=O)NS(=O)(=O)c2ncccc21. The average molecular weight is 226 g/mol. The predicted octanol–water partition coefficient (Wildman–Crippen LogP) is 0.178. The summed E-state index contributed by atoms with van der Waals surface area (Å²) in [6.45, 7) is 3.33. The monoisotopic (exact) mass is 226 g/mol. The van der Waals surface area contributed by atoms with Gasteiger partial charge in [-0.3, -0.25) is 4.79 Å². The van der Waals surface area contributed by atoms with E-state index in [2.05, 4.69) is 4.98 Å². The largest absolute Gasteiger partial charge is 0.281 e. The van der Waals surface area contributed by atoms with E-state index in [0.29, 0.717) is 5.56 Å². The molecule has 0 spiro atoms. The van der Waals surface area contributed by atoms with E-state index in [1.165, 1.54) is 6.20 Å². The van der Waals surface area contributed by atoms with E-state index >= 15 is 0 Å². The molecule has 0 aliphatic carbocycles. The zero-order valence-electron chi connectivity index (χ0n) is 8.31. The summed E-state index contributed by atoms with van der Waals surface area (Å²) in [7, 11) is -3.77. The first-order valence-corrected chi connectivity index (χ1v) is 5.87. The summed E-state index contributed by atoms with van der Waals surface area (Å²) in [5, 5.41) is -0.0606. The van der Waals surface area contributed by atoms with Crippen LogP contribution in [-0.4, -0.2) is 19.3 Å². The Morgan fingerprint density at radius 2 is 2.07 bits per heavy atom. The van der Waals surface area contributed by atoms with Crippen LogP contribution in [0.5, 0.6) is 0 Å². The highest BCUT2D eigenvalue weighted by atomic mass is 32.2. The number of sulfonamides is 1. The molecule has 1 aromatic heterocycles. The number of fused-ring (bicyclic) bond motifs is 1. The van der Waals surface area contributed by atoms with Crippen molar-refractivity contribution in [1.29, 1.82) is 0 Å². The lowest BCUT2D eigenvalue weighted by Crippen LogP contribution is -2.48. The van der Waals surface area contributed by atoms with Gasteiger partial charge in [-0.25, -0.2) is 9.71 Å². The number of rotatable bonds is 0. The minimum atomic E-state index is -3.77. The van der Waals surface area contributed by atoms with E-state index in [1.54, 1.807) is 26.0 Å². The number of hydrogen-bond acceptors (Lipinski definition) is 4. The third kappa shape index (κ3) is 1.32. The first kappa shape index (κ1) is 10.1. The van der Waals surface area contributed by atoms with E-state index < -0.39 is 21.3 Å². The Kier molecular flexibility index (Phi) is 1.88. The zero-order valence-corrected chi connectivity index (χ0v) is 9.13. The number of carbonyl (C=O) groups excluding carboxylic acids is 1. The predicted molar refractivity (Wildman–Crippen MR) is 52.6 cm³/mol. The highest BCUT2D eigenvalue weighted by Gasteiger charge is 2.42. The lowest BCUT2D eigenvalue weighted by atomic mass is 9.85. The van der Waals surface area contributed by atoms with Crippen molar-refractivity contribution in [3.05, 3.63) is 23.9 Å². The smallest absolute Gasteiger partial charge is 0.273 e. The molecule has 1 N–H and O–H groups in total. The maximum absolute atomic E-state index is 11.6. The van der Waals surface area contributed by atoms with Crippen LogP contribution in [0, 0.1) is 0 Å². The standard InChI is InChI=1S/C9H10N2O3S/c1-9(2)6-4-3-5-10-7(6)15(13,14)11-8(9)12/h3-5H,1-2H3,(H,11,12). The molecule has 1 amide bonds. The summed E-state index contributed by atoms with van der Waals surface area (Å²) in [5.41, 5.74) is -0.427. The van der Waals surface area contributed by atoms with Crippen molar-refractivity contribution in [2.24, 2.45) is 0 Å². The Balaban J connectivity index is 2.82. The minimum absolute atomic E-state index is 0.0606. The van der Waals surface area contributed by atoms with Crippen molar-refractivity contribution < 1.29 is 13.2 Å². The van der Waals surface area contributed by atoms with Gasteiger partial charge in [-0.15, -0.1) is 0 Å². The van der Waals surface area contributed by atoms with Crippen LogP contribution in [0.4, 0.5) is 0 Å². The average Bonchev–Trinajstić information content (AvgIpc) is 2.15. The van der Waals surface area contributed by atoms with Gasteiger partial charge >= 0.3 is 0 Å². The molecule has 1 aliphatic heterocycles. The second-order valence-electron chi connectivity index (χ2n) is 3.92. The molecule has 1 aliphatic rings. The van der Waals surface area contributed by atoms with Gasteiger partial charge in [0.15, 0.2) is 5.03 Å². The molecular formula is C9H10N2O3S. The third-order valence-corrected chi connectivity index (χ3v) is 3.78. The molecule has 0 fully saturated rings. The van der Waals surface area contributed by atoms with Gasteiger partial charge in [0.1, 0.15) is 0 Å². The molecule has 6 heteroatoms. The zero-order chi connectivity index (χ0) is 11.3. The van der Waals surface area contributed by atoms with Crippen LogP contribution in [0.25, 0.3) is 0 Å². The molecule has 5 nitrogen and oxygen atoms in total. The Labute approximate surface area is 87.6 Å². The lowest BCUT2D eigenvalue weighted by molar-refractivity contribution is -0.124. The van der Waals surface area contributed by atoms with Gasteiger partial charge in [0, 0.05) is 11.8 Å². The third-order valence-electron chi connectivity index (χ3n) is 2.49. The van der Waals surface area contributed by atoms with Crippen LogP contribution >= 0.6 is 0 Å². The first-order valence-electron chi connectivity index (χ1n) is 4.38. The molecule has 1 aromatic rings. The van der Waals surface area contributed by atoms with Crippen LogP contribution in [0.1, 0.15) is 19.4 Å². The van der Waals surface area contributed by atoms with E-state index in [4.69, 9.17) is 0 Å². The van der Waals surface area contributed by atoms with Crippen LogP contribution in [-0.2, 0) is 20.2 Å². The highest BCUT2D eigenvalue weighted by Crippen LogP contribution is 2.31. The number of hydrogen-bond donors (Lipinski definition) is 1. The summed E-state index contributed by atoms with van der Waals surface area (Å²) in [6, 6.07) is 3.23. The van der Waals surface area contributed by atoms with Gasteiger partial charge in [-0.2, -0.15) is 8.42 Å². The fourth-order valence-electron chi connectivity index (χ4n) is 1.50.